The van der Waals surface area contributed by atoms with Crippen LogP contribution in [0.1, 0.15) is 11.1 Å². The summed E-state index contributed by atoms with van der Waals surface area (Å²) in [5.41, 5.74) is -0.587. The fourth-order valence-electron chi connectivity index (χ4n) is 1.20. The lowest BCUT2D eigenvalue weighted by Gasteiger charge is -2.06. The van der Waals surface area contributed by atoms with Crippen LogP contribution >= 0.6 is 0 Å². The third-order valence-corrected chi connectivity index (χ3v) is 2.13. The molecule has 0 atom stereocenters. The number of hydrogen-bond donors (Lipinski definition) is 1. The van der Waals surface area contributed by atoms with Crippen molar-refractivity contribution in [2.24, 2.45) is 0 Å². The lowest BCUT2D eigenvalue weighted by molar-refractivity contribution is -0.137. The molecule has 0 saturated heterocycles. The van der Waals surface area contributed by atoms with Crippen molar-refractivity contribution < 1.29 is 31.1 Å². The van der Waals surface area contributed by atoms with E-state index in [2.05, 4.69) is 0 Å². The number of rotatable bonds is 3. The maximum atomic E-state index is 12.3. The average Bonchev–Trinajstić information content (AvgIpc) is 2.32. The summed E-state index contributed by atoms with van der Waals surface area (Å²) in [6.07, 6.45) is -7.05. The van der Waals surface area contributed by atoms with Crippen molar-refractivity contribution >= 4 is 12.0 Å². The highest BCUT2D eigenvalue weighted by molar-refractivity contribution is 5.91. The molecule has 20 heavy (non-hydrogen) atoms. The van der Waals surface area contributed by atoms with Gasteiger partial charge in [-0.1, -0.05) is 12.1 Å². The molecule has 1 rings (SSSR count). The molecule has 1 aromatic rings. The van der Waals surface area contributed by atoms with Crippen LogP contribution in [0.25, 0.3) is 6.08 Å². The molecule has 8 heteroatoms. The van der Waals surface area contributed by atoms with Gasteiger partial charge < -0.3 is 5.32 Å². The molecule has 0 saturated carbocycles. The Balaban J connectivity index is 2.60. The number of benzene rings is 1. The van der Waals surface area contributed by atoms with E-state index in [9.17, 15) is 31.1 Å². The number of nitrogens with one attached hydrogen (secondary N) is 1. The minimum absolute atomic E-state index is 0.264. The van der Waals surface area contributed by atoms with Gasteiger partial charge in [0.2, 0.25) is 5.91 Å². The van der Waals surface area contributed by atoms with E-state index in [0.717, 1.165) is 36.4 Å². The largest absolute Gasteiger partial charge is 0.416 e. The van der Waals surface area contributed by atoms with Gasteiger partial charge >= 0.3 is 12.4 Å². The molecule has 0 spiro atoms. The van der Waals surface area contributed by atoms with E-state index in [4.69, 9.17) is 0 Å². The minimum atomic E-state index is -4.52. The number of hydrogen-bond acceptors (Lipinski definition) is 1. The first-order valence-corrected chi connectivity index (χ1v) is 5.28. The highest BCUT2D eigenvalue weighted by Gasteiger charge is 2.29. The van der Waals surface area contributed by atoms with Crippen molar-refractivity contribution in [2.45, 2.75) is 12.4 Å². The number of halogens is 6. The molecule has 1 N–H and O–H groups in total. The van der Waals surface area contributed by atoms with Crippen molar-refractivity contribution in [3.05, 3.63) is 41.5 Å². The van der Waals surface area contributed by atoms with Crippen LogP contribution in [-0.4, -0.2) is 18.6 Å². The molecule has 1 amide bonds. The molecule has 0 heterocycles. The van der Waals surface area contributed by atoms with Crippen LogP contribution in [0.15, 0.2) is 30.3 Å². The van der Waals surface area contributed by atoms with Crippen LogP contribution in [0.3, 0.4) is 0 Å². The lowest BCUT2D eigenvalue weighted by Crippen LogP contribution is -2.32. The van der Waals surface area contributed by atoms with Crippen LogP contribution in [0.5, 0.6) is 0 Å². The van der Waals surface area contributed by atoms with E-state index < -0.39 is 30.4 Å². The maximum Gasteiger partial charge on any atom is 0.416 e. The average molecular weight is 297 g/mol. The quantitative estimate of drug-likeness (QED) is 0.672. The predicted octanol–water partition coefficient (Wildman–Crippen LogP) is 3.40. The molecule has 0 radical (unpaired) electrons. The van der Waals surface area contributed by atoms with Gasteiger partial charge in [-0.05, 0) is 23.8 Å². The second-order valence-electron chi connectivity index (χ2n) is 3.79. The van der Waals surface area contributed by atoms with Gasteiger partial charge in [0.15, 0.2) is 0 Å². The maximum absolute atomic E-state index is 12.3. The smallest absolute Gasteiger partial charge is 0.343 e. The zero-order valence-corrected chi connectivity index (χ0v) is 9.85. The molecule has 0 unspecified atom stereocenters. The zero-order chi connectivity index (χ0) is 15.4. The van der Waals surface area contributed by atoms with Gasteiger partial charge in [-0.15, -0.1) is 0 Å². The molecule has 1 aromatic carbocycles. The SMILES string of the molecule is O=C(/C=C/c1ccc(C(F)(F)F)cc1)NCC(F)(F)F. The van der Waals surface area contributed by atoms with Gasteiger partial charge in [-0.25, -0.2) is 0 Å². The Morgan fingerprint density at radius 1 is 1.05 bits per heavy atom. The summed E-state index contributed by atoms with van der Waals surface area (Å²) < 4.78 is 72.1. The van der Waals surface area contributed by atoms with E-state index >= 15 is 0 Å². The summed E-state index contributed by atoms with van der Waals surface area (Å²) in [4.78, 5) is 11.0. The molecule has 0 fully saturated rings. The van der Waals surface area contributed by atoms with Crippen molar-refractivity contribution in [1.29, 1.82) is 0 Å². The topological polar surface area (TPSA) is 29.1 Å². The second kappa shape index (κ2) is 5.98. The highest BCUT2D eigenvalue weighted by Crippen LogP contribution is 2.29. The van der Waals surface area contributed by atoms with E-state index in [1.54, 1.807) is 5.32 Å². The third kappa shape index (κ3) is 5.77. The van der Waals surface area contributed by atoms with Crippen LogP contribution < -0.4 is 5.32 Å². The lowest BCUT2D eigenvalue weighted by atomic mass is 10.1. The molecule has 0 aliphatic carbocycles. The van der Waals surface area contributed by atoms with E-state index in [1.165, 1.54) is 0 Å². The molecule has 0 aromatic heterocycles. The van der Waals surface area contributed by atoms with E-state index in [0.29, 0.717) is 0 Å². The standard InChI is InChI=1S/C12H9F6NO/c13-11(14,15)7-19-10(20)6-3-8-1-4-9(5-2-8)12(16,17)18/h1-6H,7H2,(H,19,20)/b6-3+. The highest BCUT2D eigenvalue weighted by atomic mass is 19.4. The fourth-order valence-corrected chi connectivity index (χ4v) is 1.20. The van der Waals surface area contributed by atoms with Crippen LogP contribution in [-0.2, 0) is 11.0 Å². The fraction of sp³-hybridized carbons (Fsp3) is 0.250. The third-order valence-electron chi connectivity index (χ3n) is 2.13. The van der Waals surface area contributed by atoms with Gasteiger partial charge in [0.05, 0.1) is 5.56 Å². The summed E-state index contributed by atoms with van der Waals surface area (Å²) in [5.74, 6) is -0.984. The zero-order valence-electron chi connectivity index (χ0n) is 9.85. The molecule has 2 nitrogen and oxygen atoms in total. The first-order chi connectivity index (χ1) is 9.08. The van der Waals surface area contributed by atoms with Gasteiger partial charge in [0, 0.05) is 6.08 Å². The Kier molecular flexibility index (Phi) is 4.80. The molecule has 0 aliphatic heterocycles. The molecule has 0 aliphatic rings. The summed E-state index contributed by atoms with van der Waals surface area (Å²) in [6, 6.07) is 3.84. The Bertz CT molecular complexity index is 486. The monoisotopic (exact) mass is 297 g/mol. The van der Waals surface area contributed by atoms with E-state index in [1.807, 2.05) is 0 Å². The number of amides is 1. The van der Waals surface area contributed by atoms with Gasteiger partial charge in [-0.2, -0.15) is 26.3 Å². The second-order valence-corrected chi connectivity index (χ2v) is 3.79. The molecule has 110 valence electrons. The normalized spacial score (nSPS) is 12.7. The Hall–Kier alpha value is -1.99. The first-order valence-electron chi connectivity index (χ1n) is 5.28. The van der Waals surface area contributed by atoms with Crippen LogP contribution in [0, 0.1) is 0 Å². The summed E-state index contributed by atoms with van der Waals surface area (Å²) in [7, 11) is 0. The predicted molar refractivity (Wildman–Crippen MR) is 59.5 cm³/mol. The van der Waals surface area contributed by atoms with Crippen LogP contribution in [0.2, 0.25) is 0 Å². The summed E-state index contributed by atoms with van der Waals surface area (Å²) >= 11 is 0. The van der Waals surface area contributed by atoms with Gasteiger partial charge in [0.25, 0.3) is 0 Å². The number of alkyl halides is 6. The Morgan fingerprint density at radius 3 is 2.05 bits per heavy atom. The minimum Gasteiger partial charge on any atom is -0.343 e. The number of carbonyl (C=O) groups excluding carboxylic acids is 1. The Morgan fingerprint density at radius 2 is 1.60 bits per heavy atom. The molecular formula is C12H9F6NO. The van der Waals surface area contributed by atoms with Crippen molar-refractivity contribution in [3.63, 3.8) is 0 Å². The summed E-state index contributed by atoms with van der Waals surface area (Å²) in [5, 5.41) is 1.60. The first kappa shape index (κ1) is 16.1. The van der Waals surface area contributed by atoms with E-state index in [-0.39, 0.29) is 5.56 Å². The van der Waals surface area contributed by atoms with Gasteiger partial charge in [0.1, 0.15) is 6.54 Å². The number of carbonyl (C=O) groups is 1. The summed E-state index contributed by atoms with van der Waals surface area (Å²) in [6.45, 7) is -1.47. The molecular weight excluding hydrogens is 288 g/mol. The van der Waals surface area contributed by atoms with Crippen LogP contribution in [0.4, 0.5) is 26.3 Å². The van der Waals surface area contributed by atoms with Crippen molar-refractivity contribution in [1.82, 2.24) is 5.32 Å². The van der Waals surface area contributed by atoms with Gasteiger partial charge in [-0.3, -0.25) is 4.79 Å². The molecule has 0 bridgehead atoms. The van der Waals surface area contributed by atoms with Crippen molar-refractivity contribution in [3.8, 4) is 0 Å². The van der Waals surface area contributed by atoms with Crippen molar-refractivity contribution in [2.75, 3.05) is 6.54 Å². The Labute approximate surface area is 110 Å².